The number of methoxy groups -OCH3 is 1. The molecule has 1 saturated heterocycles. The van der Waals surface area contributed by atoms with Gasteiger partial charge in [-0.25, -0.2) is 13.6 Å². The van der Waals surface area contributed by atoms with Crippen molar-refractivity contribution in [1.82, 2.24) is 10.3 Å². The van der Waals surface area contributed by atoms with Crippen LogP contribution in [0.3, 0.4) is 0 Å². The zero-order valence-electron chi connectivity index (χ0n) is 20.7. The van der Waals surface area contributed by atoms with Crippen LogP contribution >= 0.6 is 0 Å². The Morgan fingerprint density at radius 2 is 1.67 bits per heavy atom. The monoisotopic (exact) mass is 496 g/mol. The van der Waals surface area contributed by atoms with E-state index in [1.807, 2.05) is 39.8 Å². The molecule has 4 rings (SSSR count). The lowest BCUT2D eigenvalue weighted by Gasteiger charge is -2.32. The second-order valence-electron chi connectivity index (χ2n) is 9.65. The molecule has 2 heterocycles. The number of hydrogen-bond donors (Lipinski definition) is 1. The molecule has 1 aromatic heterocycles. The number of aromatic nitrogens is 1. The minimum atomic E-state index is -1.21. The van der Waals surface area contributed by atoms with Crippen LogP contribution in [0.4, 0.5) is 8.78 Å². The molecule has 10 heteroatoms. The van der Waals surface area contributed by atoms with E-state index in [0.29, 0.717) is 11.1 Å². The number of carbonyl (C=O) groups is 2. The summed E-state index contributed by atoms with van der Waals surface area (Å²) in [6.45, 7) is 7.85. The summed E-state index contributed by atoms with van der Waals surface area (Å²) in [4.78, 5) is 29.7. The topological polar surface area (TPSA) is 86.8 Å². The normalized spacial score (nSPS) is 17.1. The molecule has 0 bridgehead atoms. The van der Waals surface area contributed by atoms with Gasteiger partial charge in [0, 0.05) is 18.0 Å². The Balaban J connectivity index is 1.67. The number of hydrogen-bond acceptors (Lipinski definition) is 6. The quantitative estimate of drug-likeness (QED) is 0.416. The number of benzene rings is 2. The fourth-order valence-corrected chi connectivity index (χ4v) is 4.09. The van der Waals surface area contributed by atoms with Gasteiger partial charge in [0.1, 0.15) is 23.2 Å². The number of esters is 1. The standard InChI is InChI=1S/C26H27BF2N2O5/c1-25(2)26(3,4)36-27(35-25)17-12-11-15(22-16(17)8-7-13-30-22)14-20(24(33)34-5)31-23(32)21-18(28)9-6-10-19(21)29/h6-13,20H,14H2,1-5H3,(H,31,32)/t20-/m0/s1. The van der Waals surface area contributed by atoms with E-state index < -0.39 is 53.4 Å². The van der Waals surface area contributed by atoms with Crippen molar-refractivity contribution >= 4 is 35.4 Å². The van der Waals surface area contributed by atoms with Crippen molar-refractivity contribution in [2.75, 3.05) is 7.11 Å². The van der Waals surface area contributed by atoms with Gasteiger partial charge in [-0.1, -0.05) is 24.3 Å². The van der Waals surface area contributed by atoms with Crippen molar-refractivity contribution in [2.24, 2.45) is 0 Å². The van der Waals surface area contributed by atoms with Crippen molar-refractivity contribution in [3.05, 3.63) is 71.4 Å². The molecule has 1 N–H and O–H groups in total. The van der Waals surface area contributed by atoms with Crippen LogP contribution < -0.4 is 10.8 Å². The predicted octanol–water partition coefficient (Wildman–Crippen LogP) is 3.33. The maximum atomic E-state index is 14.1. The molecule has 0 unspecified atom stereocenters. The molecule has 3 aromatic rings. The lowest BCUT2D eigenvalue weighted by molar-refractivity contribution is -0.142. The molecular weight excluding hydrogens is 469 g/mol. The number of ether oxygens (including phenoxy) is 1. The number of pyridine rings is 1. The van der Waals surface area contributed by atoms with E-state index in [-0.39, 0.29) is 6.42 Å². The summed E-state index contributed by atoms with van der Waals surface area (Å²) in [6.07, 6.45) is 1.59. The average molecular weight is 496 g/mol. The molecular formula is C26H27BF2N2O5. The van der Waals surface area contributed by atoms with Gasteiger partial charge in [0.05, 0.1) is 23.8 Å². The van der Waals surface area contributed by atoms with Crippen molar-refractivity contribution in [2.45, 2.75) is 51.4 Å². The third-order valence-electron chi connectivity index (χ3n) is 6.80. The maximum absolute atomic E-state index is 14.1. The fraction of sp³-hybridized carbons (Fsp3) is 0.346. The fourth-order valence-electron chi connectivity index (χ4n) is 4.09. The van der Waals surface area contributed by atoms with Crippen LogP contribution in [0.5, 0.6) is 0 Å². The highest BCUT2D eigenvalue weighted by Gasteiger charge is 2.52. The van der Waals surface area contributed by atoms with E-state index in [9.17, 15) is 18.4 Å². The molecule has 1 aliphatic rings. The minimum absolute atomic E-state index is 0.0222. The minimum Gasteiger partial charge on any atom is -0.467 e. The Bertz CT molecular complexity index is 1290. The first-order valence-corrected chi connectivity index (χ1v) is 11.5. The van der Waals surface area contributed by atoms with Crippen LogP contribution in [-0.4, -0.2) is 48.3 Å². The summed E-state index contributed by atoms with van der Waals surface area (Å²) in [5, 5.41) is 3.15. The lowest BCUT2D eigenvalue weighted by Crippen LogP contribution is -2.43. The van der Waals surface area contributed by atoms with E-state index in [1.54, 1.807) is 18.3 Å². The smallest absolute Gasteiger partial charge is 0.467 e. The summed E-state index contributed by atoms with van der Waals surface area (Å²) >= 11 is 0. The lowest BCUT2D eigenvalue weighted by atomic mass is 9.76. The molecule has 1 fully saturated rings. The number of amides is 1. The largest absolute Gasteiger partial charge is 0.495 e. The predicted molar refractivity (Wildman–Crippen MR) is 131 cm³/mol. The van der Waals surface area contributed by atoms with Gasteiger partial charge in [0.25, 0.3) is 5.91 Å². The summed E-state index contributed by atoms with van der Waals surface area (Å²) in [5.74, 6) is -3.89. The zero-order valence-corrected chi connectivity index (χ0v) is 20.7. The summed E-state index contributed by atoms with van der Waals surface area (Å²) in [6, 6.07) is 9.12. The van der Waals surface area contributed by atoms with Gasteiger partial charge >= 0.3 is 13.1 Å². The number of halogens is 2. The summed E-state index contributed by atoms with van der Waals surface area (Å²) < 4.78 is 45.5. The third-order valence-corrected chi connectivity index (χ3v) is 6.80. The highest BCUT2D eigenvalue weighted by molar-refractivity contribution is 6.65. The van der Waals surface area contributed by atoms with Gasteiger partial charge in [0.2, 0.25) is 0 Å². The van der Waals surface area contributed by atoms with E-state index >= 15 is 0 Å². The number of carbonyl (C=O) groups excluding carboxylic acids is 2. The van der Waals surface area contributed by atoms with Crippen LogP contribution in [-0.2, 0) is 25.3 Å². The Hall–Kier alpha value is -3.37. The summed E-state index contributed by atoms with van der Waals surface area (Å²) in [7, 11) is 0.541. The Kier molecular flexibility index (Phi) is 6.85. The Morgan fingerprint density at radius 3 is 2.28 bits per heavy atom. The van der Waals surface area contributed by atoms with Crippen molar-refractivity contribution in [3.8, 4) is 0 Å². The molecule has 0 aliphatic carbocycles. The molecule has 7 nitrogen and oxygen atoms in total. The maximum Gasteiger partial charge on any atom is 0.495 e. The molecule has 2 aromatic carbocycles. The first-order chi connectivity index (χ1) is 16.9. The molecule has 188 valence electrons. The number of nitrogens with zero attached hydrogens (tertiary/aromatic N) is 1. The van der Waals surface area contributed by atoms with Crippen LogP contribution in [0.2, 0.25) is 0 Å². The highest BCUT2D eigenvalue weighted by Crippen LogP contribution is 2.37. The van der Waals surface area contributed by atoms with Crippen molar-refractivity contribution in [3.63, 3.8) is 0 Å². The highest BCUT2D eigenvalue weighted by atomic mass is 19.1. The second-order valence-corrected chi connectivity index (χ2v) is 9.65. The Morgan fingerprint density at radius 1 is 1.03 bits per heavy atom. The van der Waals surface area contributed by atoms with Gasteiger partial charge in [-0.2, -0.15) is 0 Å². The Labute approximate surface area is 208 Å². The molecule has 0 spiro atoms. The molecule has 0 saturated carbocycles. The number of rotatable bonds is 6. The first kappa shape index (κ1) is 25.7. The van der Waals surface area contributed by atoms with Gasteiger partial charge in [-0.05, 0) is 56.9 Å². The zero-order chi connectivity index (χ0) is 26.3. The van der Waals surface area contributed by atoms with Crippen LogP contribution in [0, 0.1) is 11.6 Å². The van der Waals surface area contributed by atoms with Gasteiger partial charge in [-0.15, -0.1) is 0 Å². The van der Waals surface area contributed by atoms with Crippen molar-refractivity contribution in [1.29, 1.82) is 0 Å². The first-order valence-electron chi connectivity index (χ1n) is 11.5. The van der Waals surface area contributed by atoms with Crippen LogP contribution in [0.1, 0.15) is 43.6 Å². The molecule has 1 aliphatic heterocycles. The van der Waals surface area contributed by atoms with Gasteiger partial charge < -0.3 is 19.4 Å². The van der Waals surface area contributed by atoms with Crippen LogP contribution in [0.25, 0.3) is 10.9 Å². The number of nitrogens with one attached hydrogen (secondary N) is 1. The van der Waals surface area contributed by atoms with Crippen LogP contribution in [0.15, 0.2) is 48.7 Å². The van der Waals surface area contributed by atoms with Gasteiger partial charge in [0.15, 0.2) is 0 Å². The van der Waals surface area contributed by atoms with Crippen molar-refractivity contribution < 1.29 is 32.4 Å². The molecule has 0 radical (unpaired) electrons. The average Bonchev–Trinajstić information content (AvgIpc) is 3.04. The summed E-state index contributed by atoms with van der Waals surface area (Å²) in [5.41, 5.74) is 0.124. The van der Waals surface area contributed by atoms with E-state index in [0.717, 1.165) is 29.0 Å². The van der Waals surface area contributed by atoms with E-state index in [2.05, 4.69) is 10.3 Å². The molecule has 1 atom stereocenters. The van der Waals surface area contributed by atoms with E-state index in [4.69, 9.17) is 14.0 Å². The molecule has 36 heavy (non-hydrogen) atoms. The van der Waals surface area contributed by atoms with Gasteiger partial charge in [-0.3, -0.25) is 9.78 Å². The second kappa shape index (κ2) is 9.59. The number of fused-ring (bicyclic) bond motifs is 1. The van der Waals surface area contributed by atoms with E-state index in [1.165, 1.54) is 7.11 Å². The molecule has 1 amide bonds. The SMILES string of the molecule is COC(=O)[C@H](Cc1ccc(B2OC(C)(C)C(C)(C)O2)c2cccnc12)NC(=O)c1c(F)cccc1F. The third kappa shape index (κ3) is 4.70.